The lowest BCUT2D eigenvalue weighted by atomic mass is 10.1. The fourth-order valence-electron chi connectivity index (χ4n) is 1.67. The first kappa shape index (κ1) is 12.6. The highest BCUT2D eigenvalue weighted by Gasteiger charge is 2.13. The quantitative estimate of drug-likeness (QED) is 0.874. The Kier molecular flexibility index (Phi) is 3.34. The van der Waals surface area contributed by atoms with E-state index in [1.54, 1.807) is 25.3 Å². The highest BCUT2D eigenvalue weighted by atomic mass is 32.1. The van der Waals surface area contributed by atoms with Gasteiger partial charge in [-0.1, -0.05) is 6.07 Å². The summed E-state index contributed by atoms with van der Waals surface area (Å²) in [5, 5.41) is 13.3. The van der Waals surface area contributed by atoms with Crippen molar-refractivity contribution in [3.63, 3.8) is 0 Å². The van der Waals surface area contributed by atoms with Gasteiger partial charge in [-0.25, -0.2) is 4.98 Å². The van der Waals surface area contributed by atoms with E-state index in [1.165, 1.54) is 11.3 Å². The first-order valence-corrected chi connectivity index (χ1v) is 6.33. The van der Waals surface area contributed by atoms with E-state index < -0.39 is 0 Å². The number of benzene rings is 1. The molecule has 94 valence electrons. The number of anilines is 1. The third-order valence-corrected chi connectivity index (χ3v) is 3.64. The lowest BCUT2D eigenvalue weighted by Gasteiger charge is -2.11. The zero-order valence-electron chi connectivity index (χ0n) is 10.4. The van der Waals surface area contributed by atoms with E-state index in [2.05, 4.69) is 10.3 Å². The second-order valence-corrected chi connectivity index (χ2v) is 5.33. The van der Waals surface area contributed by atoms with Crippen molar-refractivity contribution in [1.29, 1.82) is 0 Å². The van der Waals surface area contributed by atoms with Crippen LogP contribution in [0.25, 0.3) is 0 Å². The first-order chi connectivity index (χ1) is 8.49. The fourth-order valence-corrected chi connectivity index (χ4v) is 2.34. The van der Waals surface area contributed by atoms with Crippen molar-refractivity contribution in [2.75, 3.05) is 5.32 Å². The minimum atomic E-state index is -0.197. The summed E-state index contributed by atoms with van der Waals surface area (Å²) >= 11 is 1.35. The molecule has 2 rings (SSSR count). The minimum Gasteiger partial charge on any atom is -0.508 e. The molecule has 5 heteroatoms. The van der Waals surface area contributed by atoms with Crippen LogP contribution in [0.5, 0.6) is 5.75 Å². The van der Waals surface area contributed by atoms with Gasteiger partial charge < -0.3 is 10.4 Å². The maximum Gasteiger partial charge on any atom is 0.267 e. The number of rotatable bonds is 2. The molecule has 0 aliphatic carbocycles. The van der Waals surface area contributed by atoms with Crippen LogP contribution in [0.3, 0.4) is 0 Å². The fraction of sp³-hybridized carbons (Fsp3) is 0.231. The maximum atomic E-state index is 12.0. The van der Waals surface area contributed by atoms with E-state index in [1.807, 2.05) is 13.8 Å². The smallest absolute Gasteiger partial charge is 0.267 e. The summed E-state index contributed by atoms with van der Waals surface area (Å²) in [6.07, 6.45) is 1.56. The lowest BCUT2D eigenvalue weighted by Crippen LogP contribution is -2.12. The molecule has 1 heterocycles. The van der Waals surface area contributed by atoms with Gasteiger partial charge in [-0.3, -0.25) is 4.79 Å². The molecule has 0 spiro atoms. The molecule has 0 saturated heterocycles. The number of hydrogen-bond acceptors (Lipinski definition) is 4. The molecule has 0 radical (unpaired) electrons. The normalized spacial score (nSPS) is 10.4. The van der Waals surface area contributed by atoms with Crippen LogP contribution in [0, 0.1) is 20.8 Å². The molecule has 4 nitrogen and oxygen atoms in total. The topological polar surface area (TPSA) is 62.2 Å². The van der Waals surface area contributed by atoms with Crippen molar-refractivity contribution in [3.8, 4) is 5.75 Å². The standard InChI is InChI=1S/C13H14N2O2S/c1-7-4-5-10(16)8(2)12(7)15-13(17)11-6-14-9(3)18-11/h4-6,16H,1-3H3,(H,15,17). The van der Waals surface area contributed by atoms with Crippen molar-refractivity contribution in [2.45, 2.75) is 20.8 Å². The predicted molar refractivity (Wildman–Crippen MR) is 72.4 cm³/mol. The zero-order chi connectivity index (χ0) is 13.3. The van der Waals surface area contributed by atoms with Crippen molar-refractivity contribution in [3.05, 3.63) is 39.3 Å². The number of hydrogen-bond donors (Lipinski definition) is 2. The summed E-state index contributed by atoms with van der Waals surface area (Å²) in [6.45, 7) is 5.52. The SMILES string of the molecule is Cc1ncc(C(=O)Nc2c(C)ccc(O)c2C)s1. The number of nitrogens with zero attached hydrogens (tertiary/aromatic N) is 1. The number of phenols is 1. The van der Waals surface area contributed by atoms with Crippen LogP contribution in [-0.4, -0.2) is 16.0 Å². The Morgan fingerprint density at radius 1 is 1.33 bits per heavy atom. The molecule has 0 atom stereocenters. The van der Waals surface area contributed by atoms with Crippen LogP contribution in [0.2, 0.25) is 0 Å². The van der Waals surface area contributed by atoms with Gasteiger partial charge in [0.2, 0.25) is 0 Å². The van der Waals surface area contributed by atoms with Crippen LogP contribution in [0.4, 0.5) is 5.69 Å². The van der Waals surface area contributed by atoms with Gasteiger partial charge in [0.05, 0.1) is 16.9 Å². The summed E-state index contributed by atoms with van der Waals surface area (Å²) < 4.78 is 0. The van der Waals surface area contributed by atoms with E-state index in [9.17, 15) is 9.90 Å². The summed E-state index contributed by atoms with van der Waals surface area (Å²) in [6, 6.07) is 3.40. The molecule has 0 fully saturated rings. The van der Waals surface area contributed by atoms with E-state index in [-0.39, 0.29) is 11.7 Å². The van der Waals surface area contributed by atoms with Crippen molar-refractivity contribution >= 4 is 22.9 Å². The largest absolute Gasteiger partial charge is 0.508 e. The van der Waals surface area contributed by atoms with Gasteiger partial charge in [-0.05, 0) is 32.4 Å². The van der Waals surface area contributed by atoms with Crippen LogP contribution >= 0.6 is 11.3 Å². The molecule has 1 aromatic heterocycles. The Morgan fingerprint density at radius 3 is 2.67 bits per heavy atom. The Labute approximate surface area is 109 Å². The van der Waals surface area contributed by atoms with Crippen LogP contribution in [0.15, 0.2) is 18.3 Å². The molecule has 2 N–H and O–H groups in total. The highest BCUT2D eigenvalue weighted by Crippen LogP contribution is 2.28. The summed E-state index contributed by atoms with van der Waals surface area (Å²) in [5.74, 6) is -0.0196. The molecule has 0 aliphatic heterocycles. The number of phenolic OH excluding ortho intramolecular Hbond substituents is 1. The number of aromatic hydroxyl groups is 1. The Bertz CT molecular complexity index is 605. The van der Waals surface area contributed by atoms with Crippen LogP contribution < -0.4 is 5.32 Å². The number of aryl methyl sites for hydroxylation is 2. The van der Waals surface area contributed by atoms with Gasteiger partial charge >= 0.3 is 0 Å². The number of amides is 1. The van der Waals surface area contributed by atoms with Gasteiger partial charge in [-0.15, -0.1) is 11.3 Å². The maximum absolute atomic E-state index is 12.0. The third kappa shape index (κ3) is 2.36. The Hall–Kier alpha value is -1.88. The molecular weight excluding hydrogens is 248 g/mol. The monoisotopic (exact) mass is 262 g/mol. The van der Waals surface area contributed by atoms with E-state index >= 15 is 0 Å². The molecular formula is C13H14N2O2S. The summed E-state index contributed by atoms with van der Waals surface area (Å²) in [7, 11) is 0. The van der Waals surface area contributed by atoms with E-state index in [4.69, 9.17) is 0 Å². The second kappa shape index (κ2) is 4.78. The van der Waals surface area contributed by atoms with Gasteiger partial charge in [0, 0.05) is 5.56 Å². The number of thiazole rings is 1. The molecule has 2 aromatic rings. The van der Waals surface area contributed by atoms with Crippen LogP contribution in [-0.2, 0) is 0 Å². The molecule has 1 aromatic carbocycles. The van der Waals surface area contributed by atoms with Gasteiger partial charge in [0.25, 0.3) is 5.91 Å². The van der Waals surface area contributed by atoms with E-state index in [0.717, 1.165) is 10.6 Å². The zero-order valence-corrected chi connectivity index (χ0v) is 11.3. The van der Waals surface area contributed by atoms with Gasteiger partial charge in [0.15, 0.2) is 0 Å². The number of nitrogens with one attached hydrogen (secondary N) is 1. The summed E-state index contributed by atoms with van der Waals surface area (Å²) in [5.41, 5.74) is 2.25. The van der Waals surface area contributed by atoms with Crippen LogP contribution in [0.1, 0.15) is 25.8 Å². The lowest BCUT2D eigenvalue weighted by molar-refractivity contribution is 0.103. The minimum absolute atomic E-state index is 0.177. The predicted octanol–water partition coefficient (Wildman–Crippen LogP) is 3.03. The number of carbonyl (C=O) groups excluding carboxylic acids is 1. The molecule has 0 bridgehead atoms. The summed E-state index contributed by atoms with van der Waals surface area (Å²) in [4.78, 5) is 16.6. The van der Waals surface area contributed by atoms with E-state index in [0.29, 0.717) is 16.1 Å². The Balaban J connectivity index is 2.30. The van der Waals surface area contributed by atoms with Crippen molar-refractivity contribution in [1.82, 2.24) is 4.98 Å². The molecule has 18 heavy (non-hydrogen) atoms. The van der Waals surface area contributed by atoms with Gasteiger partial charge in [-0.2, -0.15) is 0 Å². The number of carbonyl (C=O) groups is 1. The second-order valence-electron chi connectivity index (χ2n) is 4.10. The van der Waals surface area contributed by atoms with Crippen molar-refractivity contribution in [2.24, 2.45) is 0 Å². The highest BCUT2D eigenvalue weighted by molar-refractivity contribution is 7.13. The third-order valence-electron chi connectivity index (χ3n) is 2.73. The molecule has 0 unspecified atom stereocenters. The van der Waals surface area contributed by atoms with Crippen molar-refractivity contribution < 1.29 is 9.90 Å². The average molecular weight is 262 g/mol. The molecule has 0 aliphatic rings. The Morgan fingerprint density at radius 2 is 2.06 bits per heavy atom. The van der Waals surface area contributed by atoms with Gasteiger partial charge in [0.1, 0.15) is 10.6 Å². The first-order valence-electron chi connectivity index (χ1n) is 5.52. The average Bonchev–Trinajstić information content (AvgIpc) is 2.76. The molecule has 0 saturated carbocycles. The molecule has 1 amide bonds. The number of aromatic nitrogens is 1.